The van der Waals surface area contributed by atoms with Gasteiger partial charge in [-0.15, -0.1) is 12.6 Å². The molecular formula is C16H15N3O4S. The molecule has 0 aliphatic heterocycles. The Kier molecular flexibility index (Phi) is 7.47. The molecule has 0 saturated heterocycles. The van der Waals surface area contributed by atoms with E-state index in [2.05, 4.69) is 22.4 Å². The fourth-order valence-electron chi connectivity index (χ4n) is 1.74. The van der Waals surface area contributed by atoms with Crippen molar-refractivity contribution in [2.75, 3.05) is 13.7 Å². The summed E-state index contributed by atoms with van der Waals surface area (Å²) in [6.07, 6.45) is 1.16. The fourth-order valence-corrected chi connectivity index (χ4v) is 1.94. The minimum atomic E-state index is -1.24. The molecule has 0 N–H and O–H groups in total. The number of aliphatic imine (C=N–C) groups is 1. The number of hydrogen-bond acceptors (Lipinski definition) is 8. The number of hydrogen-bond donors (Lipinski definition) is 1. The number of ether oxygens (including phenoxy) is 2. The van der Waals surface area contributed by atoms with Gasteiger partial charge in [0.2, 0.25) is 0 Å². The van der Waals surface area contributed by atoms with Crippen LogP contribution in [0.3, 0.4) is 0 Å². The summed E-state index contributed by atoms with van der Waals surface area (Å²) in [4.78, 5) is 28.0. The third-order valence-electron chi connectivity index (χ3n) is 2.97. The van der Waals surface area contributed by atoms with Crippen molar-refractivity contribution >= 4 is 36.5 Å². The van der Waals surface area contributed by atoms with Crippen LogP contribution in [0.1, 0.15) is 17.3 Å². The van der Waals surface area contributed by atoms with Crippen molar-refractivity contribution in [2.45, 2.75) is 11.8 Å². The highest BCUT2D eigenvalue weighted by molar-refractivity contribution is 7.80. The summed E-state index contributed by atoms with van der Waals surface area (Å²) >= 11 is 4.22. The lowest BCUT2D eigenvalue weighted by Gasteiger charge is -2.11. The Morgan fingerprint density at radius 2 is 2.04 bits per heavy atom. The van der Waals surface area contributed by atoms with Gasteiger partial charge in [-0.2, -0.15) is 10.5 Å². The molecule has 0 heterocycles. The van der Waals surface area contributed by atoms with Gasteiger partial charge in [0, 0.05) is 11.1 Å². The Hall–Kier alpha value is -2.84. The van der Waals surface area contributed by atoms with Gasteiger partial charge in [-0.3, -0.25) is 9.79 Å². The Balaban J connectivity index is 3.18. The van der Waals surface area contributed by atoms with Crippen molar-refractivity contribution in [1.82, 2.24) is 0 Å². The minimum Gasteiger partial charge on any atom is -0.465 e. The average Bonchev–Trinajstić information content (AvgIpc) is 2.59. The average molecular weight is 345 g/mol. The van der Waals surface area contributed by atoms with Crippen LogP contribution in [0.25, 0.3) is 0 Å². The van der Waals surface area contributed by atoms with Gasteiger partial charge in [0.05, 0.1) is 37.1 Å². The molecule has 0 spiro atoms. The predicted molar refractivity (Wildman–Crippen MR) is 88.0 cm³/mol. The Morgan fingerprint density at radius 3 is 2.58 bits per heavy atom. The number of carbonyl (C=O) groups excluding carboxylic acids is 2. The van der Waals surface area contributed by atoms with Crippen molar-refractivity contribution in [1.29, 1.82) is 10.5 Å². The van der Waals surface area contributed by atoms with Crippen LogP contribution in [0, 0.1) is 34.5 Å². The number of benzene rings is 1. The van der Waals surface area contributed by atoms with E-state index in [0.717, 1.165) is 6.21 Å². The molecule has 1 atom stereocenters. The van der Waals surface area contributed by atoms with Crippen LogP contribution in [0.15, 0.2) is 28.1 Å². The quantitative estimate of drug-likeness (QED) is 0.481. The van der Waals surface area contributed by atoms with E-state index in [1.165, 1.54) is 19.2 Å². The maximum absolute atomic E-state index is 11.9. The summed E-state index contributed by atoms with van der Waals surface area (Å²) < 4.78 is 9.48. The molecule has 8 heteroatoms. The van der Waals surface area contributed by atoms with Gasteiger partial charge in [0.15, 0.2) is 5.92 Å². The van der Waals surface area contributed by atoms with Crippen LogP contribution < -0.4 is 0 Å². The summed E-state index contributed by atoms with van der Waals surface area (Å²) in [6.45, 7) is 1.73. The smallest absolute Gasteiger partial charge is 0.337 e. The molecule has 0 radical (unpaired) electrons. The molecule has 0 bridgehead atoms. The molecule has 1 aromatic carbocycles. The topological polar surface area (TPSA) is 113 Å². The summed E-state index contributed by atoms with van der Waals surface area (Å²) in [5.74, 6) is -3.65. The first-order valence-corrected chi connectivity index (χ1v) is 7.34. The second-order valence-electron chi connectivity index (χ2n) is 4.49. The van der Waals surface area contributed by atoms with E-state index in [9.17, 15) is 9.59 Å². The van der Waals surface area contributed by atoms with E-state index in [0.29, 0.717) is 10.6 Å². The molecular weight excluding hydrogens is 330 g/mol. The second-order valence-corrected chi connectivity index (χ2v) is 4.97. The standard InChI is InChI=1S/C16H15N3O4S/c1-3-23-16(21)12(11(7-17)8-18)9-19-13-6-10(15(20)22-2)4-5-14(13)24/h4-6,9,11-12,24H,3H2,1-2H3/b19-9+. The van der Waals surface area contributed by atoms with Gasteiger partial charge in [0.25, 0.3) is 0 Å². The third-order valence-corrected chi connectivity index (χ3v) is 3.34. The first-order chi connectivity index (χ1) is 11.5. The lowest BCUT2D eigenvalue weighted by molar-refractivity contribution is -0.145. The molecule has 1 unspecified atom stereocenters. The van der Waals surface area contributed by atoms with Crippen molar-refractivity contribution in [3.63, 3.8) is 0 Å². The molecule has 1 rings (SSSR count). The molecule has 0 aliphatic carbocycles. The first-order valence-electron chi connectivity index (χ1n) is 6.89. The van der Waals surface area contributed by atoms with Gasteiger partial charge >= 0.3 is 11.9 Å². The van der Waals surface area contributed by atoms with Crippen LogP contribution in [0.4, 0.5) is 5.69 Å². The van der Waals surface area contributed by atoms with Crippen LogP contribution in [-0.2, 0) is 14.3 Å². The van der Waals surface area contributed by atoms with Crippen molar-refractivity contribution in [2.24, 2.45) is 16.8 Å². The Bertz CT molecular complexity index is 720. The minimum absolute atomic E-state index is 0.113. The Labute approximate surface area is 144 Å². The van der Waals surface area contributed by atoms with E-state index in [1.54, 1.807) is 25.1 Å². The highest BCUT2D eigenvalue weighted by atomic mass is 32.1. The normalized spacial score (nSPS) is 11.6. The van der Waals surface area contributed by atoms with Crippen LogP contribution in [-0.4, -0.2) is 31.9 Å². The van der Waals surface area contributed by atoms with E-state index < -0.39 is 23.8 Å². The highest BCUT2D eigenvalue weighted by Gasteiger charge is 2.28. The van der Waals surface area contributed by atoms with E-state index in [4.69, 9.17) is 15.3 Å². The fraction of sp³-hybridized carbons (Fsp3) is 0.312. The lowest BCUT2D eigenvalue weighted by atomic mass is 9.96. The molecule has 7 nitrogen and oxygen atoms in total. The highest BCUT2D eigenvalue weighted by Crippen LogP contribution is 2.25. The molecule has 0 amide bonds. The van der Waals surface area contributed by atoms with E-state index >= 15 is 0 Å². The number of carbonyl (C=O) groups is 2. The number of thiol groups is 1. The van der Waals surface area contributed by atoms with E-state index in [1.807, 2.05) is 0 Å². The molecule has 0 saturated carbocycles. The molecule has 0 aromatic heterocycles. The zero-order chi connectivity index (χ0) is 18.1. The number of methoxy groups -OCH3 is 1. The van der Waals surface area contributed by atoms with Gasteiger partial charge in [-0.1, -0.05) is 0 Å². The van der Waals surface area contributed by atoms with Crippen molar-refractivity contribution in [3.05, 3.63) is 23.8 Å². The number of rotatable bonds is 6. The zero-order valence-electron chi connectivity index (χ0n) is 13.1. The summed E-state index contributed by atoms with van der Waals surface area (Å²) in [5.41, 5.74) is 0.553. The number of nitrogens with zero attached hydrogens (tertiary/aromatic N) is 3. The number of esters is 2. The first kappa shape index (κ1) is 19.2. The number of nitriles is 2. The van der Waals surface area contributed by atoms with E-state index in [-0.39, 0.29) is 12.2 Å². The molecule has 0 aliphatic rings. The van der Waals surface area contributed by atoms with Crippen LogP contribution >= 0.6 is 12.6 Å². The van der Waals surface area contributed by atoms with Gasteiger partial charge < -0.3 is 9.47 Å². The SMILES string of the molecule is CCOC(=O)C(/C=N/c1cc(C(=O)OC)ccc1S)C(C#N)C#N. The van der Waals surface area contributed by atoms with Crippen LogP contribution in [0.2, 0.25) is 0 Å². The van der Waals surface area contributed by atoms with Gasteiger partial charge in [-0.05, 0) is 25.1 Å². The van der Waals surface area contributed by atoms with Gasteiger partial charge in [-0.25, -0.2) is 4.79 Å². The largest absolute Gasteiger partial charge is 0.465 e. The monoisotopic (exact) mass is 345 g/mol. The maximum atomic E-state index is 11.9. The summed E-state index contributed by atoms with van der Waals surface area (Å²) in [5, 5.41) is 18.0. The molecule has 124 valence electrons. The zero-order valence-corrected chi connectivity index (χ0v) is 14.0. The van der Waals surface area contributed by atoms with Crippen molar-refractivity contribution in [3.8, 4) is 12.1 Å². The predicted octanol–water partition coefficient (Wildman–Crippen LogP) is 2.31. The second kappa shape index (κ2) is 9.33. The van der Waals surface area contributed by atoms with Gasteiger partial charge in [0.1, 0.15) is 5.92 Å². The molecule has 24 heavy (non-hydrogen) atoms. The molecule has 0 fully saturated rings. The lowest BCUT2D eigenvalue weighted by Crippen LogP contribution is -2.25. The van der Waals surface area contributed by atoms with Crippen molar-refractivity contribution < 1.29 is 19.1 Å². The summed E-state index contributed by atoms with van der Waals surface area (Å²) in [7, 11) is 1.25. The maximum Gasteiger partial charge on any atom is 0.337 e. The Morgan fingerprint density at radius 1 is 1.38 bits per heavy atom. The summed E-state index contributed by atoms with van der Waals surface area (Å²) in [6, 6.07) is 7.97. The third kappa shape index (κ3) is 4.83. The molecule has 1 aromatic rings. The van der Waals surface area contributed by atoms with Crippen LogP contribution in [0.5, 0.6) is 0 Å².